The minimum atomic E-state index is 0.546. The van der Waals surface area contributed by atoms with Crippen molar-refractivity contribution in [1.29, 1.82) is 0 Å². The summed E-state index contributed by atoms with van der Waals surface area (Å²) in [6.07, 6.45) is 6.52. The van der Waals surface area contributed by atoms with Crippen molar-refractivity contribution in [2.75, 3.05) is 13.1 Å². The Balaban J connectivity index is 2.05. The lowest BCUT2D eigenvalue weighted by molar-refractivity contribution is -0.534. The molecule has 1 aromatic rings. The minimum absolute atomic E-state index is 0.546. The van der Waals surface area contributed by atoms with Crippen LogP contribution in [0.15, 0.2) is 30.3 Å². The van der Waals surface area contributed by atoms with E-state index in [9.17, 15) is 0 Å². The molecule has 1 aliphatic heterocycles. The molecule has 0 aliphatic carbocycles. The molecule has 0 radical (unpaired) electrons. The summed E-state index contributed by atoms with van der Waals surface area (Å²) < 4.78 is 2.49. The first-order chi connectivity index (χ1) is 7.36. The van der Waals surface area contributed by atoms with Gasteiger partial charge in [-0.3, -0.25) is 0 Å². The monoisotopic (exact) mass is 202 g/mol. The van der Waals surface area contributed by atoms with Gasteiger partial charge < -0.3 is 0 Å². The van der Waals surface area contributed by atoms with E-state index in [1.165, 1.54) is 37.9 Å². The fraction of sp³-hybridized carbons (Fsp3) is 0.500. The highest BCUT2D eigenvalue weighted by Crippen LogP contribution is 2.13. The molecule has 0 amide bonds. The predicted molar refractivity (Wildman–Crippen MR) is 64.8 cm³/mol. The standard InChI is InChI=1S/C14H20N/c1-13(14-8-4-2-5-9-14)12-15-10-6-3-7-11-15/h2,4-5,8-9,12-13H,3,6-7,10-11H2,1H3/q+1. The van der Waals surface area contributed by atoms with E-state index in [2.05, 4.69) is 48.0 Å². The Morgan fingerprint density at radius 1 is 1.07 bits per heavy atom. The lowest BCUT2D eigenvalue weighted by Gasteiger charge is -2.11. The molecular weight excluding hydrogens is 182 g/mol. The molecule has 1 saturated heterocycles. The summed E-state index contributed by atoms with van der Waals surface area (Å²) in [5.74, 6) is 0.546. The van der Waals surface area contributed by atoms with E-state index < -0.39 is 0 Å². The van der Waals surface area contributed by atoms with Crippen molar-refractivity contribution in [2.45, 2.75) is 32.1 Å². The van der Waals surface area contributed by atoms with Crippen LogP contribution in [0.1, 0.15) is 37.7 Å². The second-order valence-corrected chi connectivity index (χ2v) is 4.45. The highest BCUT2D eigenvalue weighted by atomic mass is 15.0. The number of hydrogen-bond donors (Lipinski definition) is 0. The Morgan fingerprint density at radius 3 is 2.40 bits per heavy atom. The molecule has 0 N–H and O–H groups in total. The Kier molecular flexibility index (Phi) is 3.54. The van der Waals surface area contributed by atoms with Crippen molar-refractivity contribution in [1.82, 2.24) is 0 Å². The molecule has 0 bridgehead atoms. The number of benzene rings is 1. The van der Waals surface area contributed by atoms with E-state index in [0.29, 0.717) is 5.92 Å². The summed E-state index contributed by atoms with van der Waals surface area (Å²) in [4.78, 5) is 0. The Hall–Kier alpha value is -1.11. The van der Waals surface area contributed by atoms with Gasteiger partial charge in [0.05, 0.1) is 5.92 Å². The zero-order valence-electron chi connectivity index (χ0n) is 9.52. The van der Waals surface area contributed by atoms with Crippen molar-refractivity contribution >= 4 is 6.21 Å². The molecule has 0 aromatic heterocycles. The average Bonchev–Trinajstić information content (AvgIpc) is 2.31. The maximum atomic E-state index is 2.49. The number of nitrogens with zero attached hydrogens (tertiary/aromatic N) is 1. The molecule has 80 valence electrons. The van der Waals surface area contributed by atoms with Crippen LogP contribution in [-0.4, -0.2) is 23.9 Å². The lowest BCUT2D eigenvalue weighted by atomic mass is 10.0. The van der Waals surface area contributed by atoms with Crippen molar-refractivity contribution in [3.63, 3.8) is 0 Å². The summed E-state index contributed by atoms with van der Waals surface area (Å²) in [7, 11) is 0. The van der Waals surface area contributed by atoms with Gasteiger partial charge in [-0.1, -0.05) is 30.3 Å². The molecule has 0 spiro atoms. The second-order valence-electron chi connectivity index (χ2n) is 4.45. The molecule has 1 nitrogen and oxygen atoms in total. The topological polar surface area (TPSA) is 3.01 Å². The molecule has 1 fully saturated rings. The third kappa shape index (κ3) is 2.92. The Labute approximate surface area is 92.5 Å². The van der Waals surface area contributed by atoms with Gasteiger partial charge in [-0.2, -0.15) is 0 Å². The van der Waals surface area contributed by atoms with Gasteiger partial charge in [0.25, 0.3) is 0 Å². The smallest absolute Gasteiger partial charge is 0.146 e. The molecule has 15 heavy (non-hydrogen) atoms. The molecule has 0 saturated carbocycles. The first-order valence-corrected chi connectivity index (χ1v) is 6.00. The second kappa shape index (κ2) is 5.11. The van der Waals surface area contributed by atoms with Crippen LogP contribution in [0.25, 0.3) is 0 Å². The minimum Gasteiger partial charge on any atom is -0.239 e. The number of piperidine rings is 1. The molecule has 1 aliphatic rings. The molecule has 1 unspecified atom stereocenters. The van der Waals surface area contributed by atoms with Crippen LogP contribution in [0, 0.1) is 0 Å². The fourth-order valence-electron chi connectivity index (χ4n) is 2.23. The third-order valence-corrected chi connectivity index (χ3v) is 3.15. The summed E-state index contributed by atoms with van der Waals surface area (Å²) in [5, 5.41) is 0. The summed E-state index contributed by atoms with van der Waals surface area (Å²) in [6, 6.07) is 10.7. The molecule has 1 atom stereocenters. The van der Waals surface area contributed by atoms with Crippen LogP contribution >= 0.6 is 0 Å². The van der Waals surface area contributed by atoms with Gasteiger partial charge in [-0.25, -0.2) is 4.58 Å². The first kappa shape index (κ1) is 10.4. The van der Waals surface area contributed by atoms with E-state index >= 15 is 0 Å². The Bertz CT molecular complexity index is 318. The van der Waals surface area contributed by atoms with Crippen LogP contribution in [0.2, 0.25) is 0 Å². The SMILES string of the molecule is CC(C=[N+]1CCCCC1)c1ccccc1. The van der Waals surface area contributed by atoms with Gasteiger partial charge in [0, 0.05) is 12.8 Å². The average molecular weight is 202 g/mol. The normalized spacial score (nSPS) is 18.6. The predicted octanol–water partition coefficient (Wildman–Crippen LogP) is 3.06. The lowest BCUT2D eigenvalue weighted by Crippen LogP contribution is -2.22. The van der Waals surface area contributed by atoms with Crippen molar-refractivity contribution in [3.05, 3.63) is 35.9 Å². The third-order valence-electron chi connectivity index (χ3n) is 3.15. The van der Waals surface area contributed by atoms with Crippen LogP contribution in [0.4, 0.5) is 0 Å². The van der Waals surface area contributed by atoms with E-state index in [0.717, 1.165) is 0 Å². The molecular formula is C14H20N+. The largest absolute Gasteiger partial charge is 0.239 e. The van der Waals surface area contributed by atoms with Gasteiger partial charge in [-0.05, 0) is 18.9 Å². The van der Waals surface area contributed by atoms with Crippen molar-refractivity contribution in [2.24, 2.45) is 0 Å². The maximum absolute atomic E-state index is 2.49. The zero-order chi connectivity index (χ0) is 10.5. The van der Waals surface area contributed by atoms with Gasteiger partial charge in [-0.15, -0.1) is 0 Å². The Morgan fingerprint density at radius 2 is 1.73 bits per heavy atom. The van der Waals surface area contributed by atoms with Gasteiger partial charge in [0.2, 0.25) is 0 Å². The maximum Gasteiger partial charge on any atom is 0.146 e. The van der Waals surface area contributed by atoms with E-state index in [1.807, 2.05) is 0 Å². The fourth-order valence-corrected chi connectivity index (χ4v) is 2.23. The van der Waals surface area contributed by atoms with Crippen LogP contribution in [0.5, 0.6) is 0 Å². The molecule has 2 rings (SSSR count). The van der Waals surface area contributed by atoms with Crippen LogP contribution in [-0.2, 0) is 0 Å². The highest BCUT2D eigenvalue weighted by Gasteiger charge is 2.13. The number of hydrogen-bond acceptors (Lipinski definition) is 0. The molecule has 1 heteroatoms. The molecule has 1 aromatic carbocycles. The van der Waals surface area contributed by atoms with Crippen molar-refractivity contribution in [3.8, 4) is 0 Å². The van der Waals surface area contributed by atoms with Crippen molar-refractivity contribution < 1.29 is 4.58 Å². The van der Waals surface area contributed by atoms with E-state index in [1.54, 1.807) is 0 Å². The zero-order valence-corrected chi connectivity index (χ0v) is 9.52. The molecule has 1 heterocycles. The first-order valence-electron chi connectivity index (χ1n) is 6.00. The quantitative estimate of drug-likeness (QED) is 0.648. The van der Waals surface area contributed by atoms with E-state index in [4.69, 9.17) is 0 Å². The summed E-state index contributed by atoms with van der Waals surface area (Å²) in [6.45, 7) is 4.78. The van der Waals surface area contributed by atoms with Gasteiger partial charge in [0.15, 0.2) is 0 Å². The number of rotatable bonds is 2. The van der Waals surface area contributed by atoms with Crippen LogP contribution in [0.3, 0.4) is 0 Å². The van der Waals surface area contributed by atoms with E-state index in [-0.39, 0.29) is 0 Å². The van der Waals surface area contributed by atoms with Gasteiger partial charge >= 0.3 is 0 Å². The van der Waals surface area contributed by atoms with Gasteiger partial charge in [0.1, 0.15) is 19.3 Å². The summed E-state index contributed by atoms with van der Waals surface area (Å²) >= 11 is 0. The highest BCUT2D eigenvalue weighted by molar-refractivity contribution is 5.62. The van der Waals surface area contributed by atoms with Crippen LogP contribution < -0.4 is 0 Å². The summed E-state index contributed by atoms with van der Waals surface area (Å²) in [5.41, 5.74) is 1.42.